The Labute approximate surface area is 110 Å². The molecule has 0 heterocycles. The predicted octanol–water partition coefficient (Wildman–Crippen LogP) is 3.28. The lowest BCUT2D eigenvalue weighted by Gasteiger charge is -2.18. The van der Waals surface area contributed by atoms with Crippen molar-refractivity contribution in [2.24, 2.45) is 5.41 Å². The van der Waals surface area contributed by atoms with Crippen molar-refractivity contribution in [1.82, 2.24) is 5.32 Å². The summed E-state index contributed by atoms with van der Waals surface area (Å²) >= 11 is 0. The molecule has 0 unspecified atom stereocenters. The first-order valence-electron chi connectivity index (χ1n) is 6.54. The molecule has 1 aromatic rings. The van der Waals surface area contributed by atoms with Crippen LogP contribution in [0.1, 0.15) is 44.5 Å². The summed E-state index contributed by atoms with van der Waals surface area (Å²) in [5, 5.41) is 6.16. The number of carbonyl (C=O) groups excluding carboxylic acids is 1. The molecule has 0 aliphatic heterocycles. The summed E-state index contributed by atoms with van der Waals surface area (Å²) in [5.74, 6) is -0.0167. The van der Waals surface area contributed by atoms with E-state index in [0.717, 1.165) is 18.7 Å². The van der Waals surface area contributed by atoms with Crippen LogP contribution in [-0.2, 0) is 0 Å². The molecule has 100 valence electrons. The second-order valence-corrected chi connectivity index (χ2v) is 5.68. The minimum Gasteiger partial charge on any atom is -0.385 e. The zero-order chi connectivity index (χ0) is 13.6. The summed E-state index contributed by atoms with van der Waals surface area (Å²) < 4.78 is 0. The van der Waals surface area contributed by atoms with Crippen LogP contribution < -0.4 is 10.6 Å². The van der Waals surface area contributed by atoms with Crippen LogP contribution in [0.5, 0.6) is 0 Å². The van der Waals surface area contributed by atoms with Crippen molar-refractivity contribution in [3.05, 3.63) is 29.8 Å². The third-order valence-corrected chi connectivity index (χ3v) is 2.67. The average Bonchev–Trinajstić information content (AvgIpc) is 2.28. The highest BCUT2D eigenvalue weighted by Gasteiger charge is 2.09. The Balaban J connectivity index is 2.57. The van der Waals surface area contributed by atoms with Crippen molar-refractivity contribution in [1.29, 1.82) is 0 Å². The highest BCUT2D eigenvalue weighted by atomic mass is 16.1. The molecule has 0 aliphatic rings. The Morgan fingerprint density at radius 2 is 2.00 bits per heavy atom. The lowest BCUT2D eigenvalue weighted by molar-refractivity contribution is 0.0956. The maximum absolute atomic E-state index is 11.7. The summed E-state index contributed by atoms with van der Waals surface area (Å²) in [6, 6.07) is 7.63. The number of hydrogen-bond acceptors (Lipinski definition) is 2. The maximum Gasteiger partial charge on any atom is 0.251 e. The number of rotatable bonds is 5. The topological polar surface area (TPSA) is 41.1 Å². The Morgan fingerprint density at radius 1 is 1.28 bits per heavy atom. The Bertz CT molecular complexity index is 394. The van der Waals surface area contributed by atoms with E-state index in [1.54, 1.807) is 0 Å². The van der Waals surface area contributed by atoms with Gasteiger partial charge in [0.1, 0.15) is 0 Å². The minimum absolute atomic E-state index is 0.0167. The van der Waals surface area contributed by atoms with Gasteiger partial charge in [-0.15, -0.1) is 0 Å². The van der Waals surface area contributed by atoms with E-state index < -0.39 is 0 Å². The van der Waals surface area contributed by atoms with Crippen molar-refractivity contribution in [2.75, 3.05) is 18.4 Å². The summed E-state index contributed by atoms with van der Waals surface area (Å²) in [5.41, 5.74) is 2.03. The van der Waals surface area contributed by atoms with Gasteiger partial charge in [-0.2, -0.15) is 0 Å². The zero-order valence-electron chi connectivity index (χ0n) is 11.8. The number of hydrogen-bond donors (Lipinski definition) is 2. The van der Waals surface area contributed by atoms with Gasteiger partial charge in [-0.3, -0.25) is 4.79 Å². The SMILES string of the molecule is CCNC(=O)c1cccc(NCCC(C)(C)C)c1. The zero-order valence-corrected chi connectivity index (χ0v) is 11.8. The second-order valence-electron chi connectivity index (χ2n) is 5.68. The highest BCUT2D eigenvalue weighted by molar-refractivity contribution is 5.95. The van der Waals surface area contributed by atoms with Crippen molar-refractivity contribution in [3.8, 4) is 0 Å². The van der Waals surface area contributed by atoms with Gasteiger partial charge in [0.15, 0.2) is 0 Å². The van der Waals surface area contributed by atoms with E-state index in [-0.39, 0.29) is 5.91 Å². The first-order chi connectivity index (χ1) is 8.42. The first-order valence-corrected chi connectivity index (χ1v) is 6.54. The molecule has 0 radical (unpaired) electrons. The van der Waals surface area contributed by atoms with E-state index in [9.17, 15) is 4.79 Å². The smallest absolute Gasteiger partial charge is 0.251 e. The second kappa shape index (κ2) is 6.43. The standard InChI is InChI=1S/C15H24N2O/c1-5-16-14(18)12-7-6-8-13(11-12)17-10-9-15(2,3)4/h6-8,11,17H,5,9-10H2,1-4H3,(H,16,18). The van der Waals surface area contributed by atoms with Crippen molar-refractivity contribution >= 4 is 11.6 Å². The van der Waals surface area contributed by atoms with Gasteiger partial charge >= 0.3 is 0 Å². The summed E-state index contributed by atoms with van der Waals surface area (Å²) in [6.45, 7) is 10.2. The monoisotopic (exact) mass is 248 g/mol. The quantitative estimate of drug-likeness (QED) is 0.839. The molecule has 18 heavy (non-hydrogen) atoms. The van der Waals surface area contributed by atoms with Gasteiger partial charge < -0.3 is 10.6 Å². The number of benzene rings is 1. The van der Waals surface area contributed by atoms with E-state index in [1.165, 1.54) is 0 Å². The van der Waals surface area contributed by atoms with Crippen molar-refractivity contribution in [3.63, 3.8) is 0 Å². The van der Waals surface area contributed by atoms with Gasteiger partial charge in [-0.25, -0.2) is 0 Å². The van der Waals surface area contributed by atoms with Gasteiger partial charge in [0.05, 0.1) is 0 Å². The number of carbonyl (C=O) groups is 1. The minimum atomic E-state index is -0.0167. The Morgan fingerprint density at radius 3 is 2.61 bits per heavy atom. The molecule has 0 fully saturated rings. The molecule has 3 heteroatoms. The molecule has 3 nitrogen and oxygen atoms in total. The fraction of sp³-hybridized carbons (Fsp3) is 0.533. The van der Waals surface area contributed by atoms with E-state index >= 15 is 0 Å². The number of nitrogens with one attached hydrogen (secondary N) is 2. The lowest BCUT2D eigenvalue weighted by Crippen LogP contribution is -2.22. The Kier molecular flexibility index (Phi) is 5.20. The van der Waals surface area contributed by atoms with Crippen LogP contribution in [0.2, 0.25) is 0 Å². The van der Waals surface area contributed by atoms with E-state index in [0.29, 0.717) is 17.5 Å². The summed E-state index contributed by atoms with van der Waals surface area (Å²) in [6.07, 6.45) is 1.10. The fourth-order valence-electron chi connectivity index (χ4n) is 1.61. The summed E-state index contributed by atoms with van der Waals surface area (Å²) in [7, 11) is 0. The normalized spacial score (nSPS) is 11.1. The van der Waals surface area contributed by atoms with Gasteiger partial charge in [-0.05, 0) is 37.0 Å². The molecule has 0 saturated carbocycles. The number of amides is 1. The predicted molar refractivity (Wildman–Crippen MR) is 77.0 cm³/mol. The van der Waals surface area contributed by atoms with Crippen LogP contribution in [-0.4, -0.2) is 19.0 Å². The molecule has 0 atom stereocenters. The maximum atomic E-state index is 11.7. The van der Waals surface area contributed by atoms with Crippen molar-refractivity contribution < 1.29 is 4.79 Å². The largest absolute Gasteiger partial charge is 0.385 e. The average molecular weight is 248 g/mol. The third-order valence-electron chi connectivity index (χ3n) is 2.67. The van der Waals surface area contributed by atoms with Crippen LogP contribution in [0, 0.1) is 5.41 Å². The van der Waals surface area contributed by atoms with Crippen molar-refractivity contribution in [2.45, 2.75) is 34.1 Å². The highest BCUT2D eigenvalue weighted by Crippen LogP contribution is 2.19. The molecule has 0 bridgehead atoms. The van der Waals surface area contributed by atoms with Gasteiger partial charge in [0.2, 0.25) is 0 Å². The van der Waals surface area contributed by atoms with E-state index in [2.05, 4.69) is 31.4 Å². The van der Waals surface area contributed by atoms with Gasteiger partial charge in [0.25, 0.3) is 5.91 Å². The molecule has 1 aromatic carbocycles. The molecule has 0 aliphatic carbocycles. The molecule has 0 aromatic heterocycles. The lowest BCUT2D eigenvalue weighted by atomic mass is 9.92. The van der Waals surface area contributed by atoms with E-state index in [1.807, 2.05) is 31.2 Å². The fourth-order valence-corrected chi connectivity index (χ4v) is 1.61. The molecular formula is C15H24N2O. The van der Waals surface area contributed by atoms with Crippen LogP contribution in [0.3, 0.4) is 0 Å². The van der Waals surface area contributed by atoms with Crippen LogP contribution in [0.25, 0.3) is 0 Å². The van der Waals surface area contributed by atoms with Crippen LogP contribution >= 0.6 is 0 Å². The van der Waals surface area contributed by atoms with E-state index in [4.69, 9.17) is 0 Å². The first kappa shape index (κ1) is 14.6. The molecular weight excluding hydrogens is 224 g/mol. The molecule has 0 saturated heterocycles. The Hall–Kier alpha value is -1.51. The van der Waals surface area contributed by atoms with Gasteiger partial charge in [-0.1, -0.05) is 26.8 Å². The van der Waals surface area contributed by atoms with Crippen LogP contribution in [0.4, 0.5) is 5.69 Å². The van der Waals surface area contributed by atoms with Crippen LogP contribution in [0.15, 0.2) is 24.3 Å². The number of anilines is 1. The summed E-state index contributed by atoms with van der Waals surface area (Å²) in [4.78, 5) is 11.7. The molecule has 2 N–H and O–H groups in total. The third kappa shape index (κ3) is 5.21. The molecule has 1 amide bonds. The van der Waals surface area contributed by atoms with Gasteiger partial charge in [0, 0.05) is 24.3 Å². The molecule has 0 spiro atoms. The molecule has 1 rings (SSSR count).